The molecule has 2 atom stereocenters. The third kappa shape index (κ3) is 2.67. The second-order valence-electron chi connectivity index (χ2n) is 6.61. The van der Waals surface area contributed by atoms with Gasteiger partial charge in [0.15, 0.2) is 0 Å². The summed E-state index contributed by atoms with van der Waals surface area (Å²) in [6.45, 7) is 0. The number of allylic oxidation sites excluding steroid dienone is 5. The molecule has 1 heteroatoms. The van der Waals surface area contributed by atoms with Gasteiger partial charge >= 0.3 is 142 Å². The quantitative estimate of drug-likeness (QED) is 0.659. The normalized spacial score (nSPS) is 21.0. The van der Waals surface area contributed by atoms with Gasteiger partial charge in [-0.15, -0.1) is 0 Å². The summed E-state index contributed by atoms with van der Waals surface area (Å²) in [6, 6.07) is 19.8. The molecule has 23 heavy (non-hydrogen) atoms. The molecule has 0 spiro atoms. The van der Waals surface area contributed by atoms with Crippen molar-refractivity contribution >= 4 is 10.9 Å². The van der Waals surface area contributed by atoms with Crippen molar-refractivity contribution in [1.82, 2.24) is 0 Å². The molecule has 0 aliphatic heterocycles. The van der Waals surface area contributed by atoms with Crippen LogP contribution in [0, 0.1) is 0 Å². The molecule has 4 rings (SSSR count). The van der Waals surface area contributed by atoms with Crippen molar-refractivity contribution in [2.45, 2.75) is 15.4 Å². The average Bonchev–Trinajstić information content (AvgIpc) is 3.26. The van der Waals surface area contributed by atoms with Crippen molar-refractivity contribution in [2.75, 3.05) is 0 Å². The molecule has 0 N–H and O–H groups in total. The molecule has 2 aliphatic carbocycles. The van der Waals surface area contributed by atoms with E-state index in [1.54, 1.807) is 3.88 Å². The number of fused-ring (bicyclic) bond motifs is 1. The van der Waals surface area contributed by atoms with Gasteiger partial charge in [-0.2, -0.15) is 0 Å². The van der Waals surface area contributed by atoms with Crippen molar-refractivity contribution in [2.24, 2.45) is 0 Å². The molecule has 0 radical (unpaired) electrons. The molecular weight excluding hydrogens is 312 g/mol. The summed E-state index contributed by atoms with van der Waals surface area (Å²) in [6.07, 6.45) is 12.7. The van der Waals surface area contributed by atoms with E-state index in [-0.39, 0.29) is 0 Å². The molecule has 0 saturated heterocycles. The SMILES string of the molecule is [CH2]=[Ti]([CH2]c1ccccc1)([C]1=CC=CC1)[CH]1C=Cc2ccccc21. The zero-order chi connectivity index (χ0) is 15.7. The van der Waals surface area contributed by atoms with E-state index in [9.17, 15) is 0 Å². The Morgan fingerprint density at radius 2 is 1.78 bits per heavy atom. The zero-order valence-corrected chi connectivity index (χ0v) is 14.8. The van der Waals surface area contributed by atoms with E-state index in [1.807, 2.05) is 0 Å². The predicted molar refractivity (Wildman–Crippen MR) is 97.3 cm³/mol. The number of hydrogen-bond acceptors (Lipinski definition) is 0. The molecule has 0 bridgehead atoms. The van der Waals surface area contributed by atoms with Gasteiger partial charge in [-0.3, -0.25) is 0 Å². The van der Waals surface area contributed by atoms with Gasteiger partial charge in [-0.1, -0.05) is 0 Å². The van der Waals surface area contributed by atoms with Gasteiger partial charge in [0.25, 0.3) is 0 Å². The van der Waals surface area contributed by atoms with Gasteiger partial charge in [-0.25, -0.2) is 0 Å². The summed E-state index contributed by atoms with van der Waals surface area (Å²) in [5, 5.41) is 0. The van der Waals surface area contributed by atoms with Crippen LogP contribution in [0.5, 0.6) is 0 Å². The number of hydrogen-bond donors (Lipinski definition) is 0. The molecule has 2 aromatic rings. The molecule has 0 saturated carbocycles. The van der Waals surface area contributed by atoms with Crippen molar-refractivity contribution in [3.8, 4) is 0 Å². The molecule has 0 nitrogen and oxygen atoms in total. The third-order valence-corrected chi connectivity index (χ3v) is 12.0. The molecule has 113 valence electrons. The minimum atomic E-state index is -2.54. The first-order valence-electron chi connectivity index (χ1n) is 8.30. The van der Waals surface area contributed by atoms with E-state index in [1.165, 1.54) is 16.7 Å². The van der Waals surface area contributed by atoms with Crippen molar-refractivity contribution < 1.29 is 16.1 Å². The first-order valence-corrected chi connectivity index (χ1v) is 12.2. The van der Waals surface area contributed by atoms with Crippen LogP contribution < -0.4 is 0 Å². The van der Waals surface area contributed by atoms with Crippen LogP contribution in [-0.2, 0) is 20.9 Å². The molecule has 0 amide bonds. The van der Waals surface area contributed by atoms with Gasteiger partial charge in [0.2, 0.25) is 0 Å². The van der Waals surface area contributed by atoms with E-state index in [0.717, 1.165) is 11.1 Å². The third-order valence-electron chi connectivity index (χ3n) is 5.17. The summed E-state index contributed by atoms with van der Waals surface area (Å²) >= 11 is -2.54. The summed E-state index contributed by atoms with van der Waals surface area (Å²) in [5.41, 5.74) is 4.31. The van der Waals surface area contributed by atoms with Crippen LogP contribution in [0.15, 0.2) is 82.8 Å². The molecule has 0 aromatic heterocycles. The van der Waals surface area contributed by atoms with Gasteiger partial charge in [-0.05, 0) is 0 Å². The van der Waals surface area contributed by atoms with Crippen LogP contribution in [0.1, 0.15) is 27.3 Å². The van der Waals surface area contributed by atoms with Crippen LogP contribution in [0.3, 0.4) is 0 Å². The maximum absolute atomic E-state index is 4.96. The second-order valence-corrected chi connectivity index (χ2v) is 12.7. The maximum atomic E-state index is 4.96. The van der Waals surface area contributed by atoms with E-state index >= 15 is 0 Å². The van der Waals surface area contributed by atoms with Crippen LogP contribution >= 0.6 is 0 Å². The topological polar surface area (TPSA) is 0 Å². The van der Waals surface area contributed by atoms with Gasteiger partial charge in [0.1, 0.15) is 0 Å². The van der Waals surface area contributed by atoms with Crippen molar-refractivity contribution in [3.63, 3.8) is 0 Å². The Balaban J connectivity index is 1.78. The summed E-state index contributed by atoms with van der Waals surface area (Å²) in [5.74, 6) is 0. The summed E-state index contributed by atoms with van der Waals surface area (Å²) < 4.78 is 3.30. The first kappa shape index (κ1) is 14.8. The van der Waals surface area contributed by atoms with Crippen molar-refractivity contribution in [1.29, 1.82) is 0 Å². The fourth-order valence-corrected chi connectivity index (χ4v) is 10.3. The van der Waals surface area contributed by atoms with Crippen LogP contribution in [-0.4, -0.2) is 4.82 Å². The molecule has 2 aromatic carbocycles. The number of benzene rings is 2. The Labute approximate surface area is 141 Å². The minimum absolute atomic E-state index is 0.526. The van der Waals surface area contributed by atoms with Crippen LogP contribution in [0.4, 0.5) is 0 Å². The van der Waals surface area contributed by atoms with E-state index in [4.69, 9.17) is 4.82 Å². The fourth-order valence-electron chi connectivity index (χ4n) is 3.93. The summed E-state index contributed by atoms with van der Waals surface area (Å²) in [7, 11) is 0. The zero-order valence-electron chi connectivity index (χ0n) is 13.3. The second kappa shape index (κ2) is 6.04. The molecule has 2 aliphatic rings. The Morgan fingerprint density at radius 3 is 2.57 bits per heavy atom. The summed E-state index contributed by atoms with van der Waals surface area (Å²) in [4.78, 5) is 4.96. The number of rotatable bonds is 4. The van der Waals surface area contributed by atoms with E-state index in [0.29, 0.717) is 4.22 Å². The molecule has 0 fully saturated rings. The fraction of sp³-hybridized carbons (Fsp3) is 0.136. The first-order chi connectivity index (χ1) is 11.3. The van der Waals surface area contributed by atoms with Crippen LogP contribution in [0.2, 0.25) is 0 Å². The van der Waals surface area contributed by atoms with E-state index in [2.05, 4.69) is 85.0 Å². The average molecular weight is 333 g/mol. The Bertz CT molecular complexity index is 853. The molecular formula is C22H21Ti. The van der Waals surface area contributed by atoms with E-state index < -0.39 is 16.1 Å². The molecule has 0 heterocycles. The Hall–Kier alpha value is -1.76. The van der Waals surface area contributed by atoms with Gasteiger partial charge in [0.05, 0.1) is 0 Å². The Morgan fingerprint density at radius 1 is 1.00 bits per heavy atom. The molecule has 2 unspecified atom stereocenters. The monoisotopic (exact) mass is 333 g/mol. The Kier molecular flexibility index (Phi) is 3.89. The predicted octanol–water partition coefficient (Wildman–Crippen LogP) is 5.38. The van der Waals surface area contributed by atoms with Gasteiger partial charge in [0, 0.05) is 0 Å². The standard InChI is InChI=1S/C9H7.C7H7.C5H5.CH2.Ti/c1-2-5-9-7-3-6-8(9)4-1;1-7-5-3-2-4-6-7;1-2-4-5-3-1;;/h1-7H;2-6H,1H2;1-3H,4H2;1H2;. The van der Waals surface area contributed by atoms with Crippen molar-refractivity contribution in [3.05, 3.63) is 99.5 Å². The van der Waals surface area contributed by atoms with Gasteiger partial charge < -0.3 is 0 Å². The van der Waals surface area contributed by atoms with Crippen LogP contribution in [0.25, 0.3) is 6.08 Å².